The zero-order valence-electron chi connectivity index (χ0n) is 10.7. The molecule has 18 heavy (non-hydrogen) atoms. The highest BCUT2D eigenvalue weighted by atomic mass is 16.5. The minimum absolute atomic E-state index is 0.341. The van der Waals surface area contributed by atoms with Gasteiger partial charge in [-0.3, -0.25) is 4.98 Å². The minimum Gasteiger partial charge on any atom is -0.461 e. The lowest BCUT2D eigenvalue weighted by molar-refractivity contribution is 0.0520. The number of rotatable bonds is 3. The van der Waals surface area contributed by atoms with Crippen LogP contribution in [0.25, 0.3) is 11.5 Å². The summed E-state index contributed by atoms with van der Waals surface area (Å²) in [5.41, 5.74) is 3.19. The largest absolute Gasteiger partial charge is 0.461 e. The first-order chi connectivity index (χ1) is 8.61. The Bertz CT molecular complexity index is 575. The van der Waals surface area contributed by atoms with Gasteiger partial charge < -0.3 is 9.72 Å². The molecule has 2 aromatic heterocycles. The fraction of sp³-hybridized carbons (Fsp3) is 0.308. The first-order valence-corrected chi connectivity index (χ1v) is 5.77. The summed E-state index contributed by atoms with van der Waals surface area (Å²) in [5, 5.41) is 0. The van der Waals surface area contributed by atoms with Gasteiger partial charge in [0.2, 0.25) is 0 Å². The standard InChI is InChI=1S/C13H15N3O2/c1-4-18-13(17)10-7-15-12(16-10)11-9(3)5-8(2)6-14-11/h5-7H,4H2,1-3H3,(H,15,16). The number of nitrogens with one attached hydrogen (secondary N) is 1. The van der Waals surface area contributed by atoms with Gasteiger partial charge in [-0.2, -0.15) is 0 Å². The second-order valence-corrected chi connectivity index (χ2v) is 4.04. The minimum atomic E-state index is -0.402. The Morgan fingerprint density at radius 1 is 1.33 bits per heavy atom. The summed E-state index contributed by atoms with van der Waals surface area (Å²) in [7, 11) is 0. The number of hydrogen-bond acceptors (Lipinski definition) is 4. The number of esters is 1. The molecule has 2 heterocycles. The lowest BCUT2D eigenvalue weighted by Crippen LogP contribution is -2.04. The zero-order valence-corrected chi connectivity index (χ0v) is 10.7. The molecule has 0 aromatic carbocycles. The SMILES string of the molecule is CCOC(=O)c1cnc(-c2ncc(C)cc2C)[nH]1. The van der Waals surface area contributed by atoms with E-state index in [1.807, 2.05) is 19.9 Å². The van der Waals surface area contributed by atoms with Crippen molar-refractivity contribution < 1.29 is 9.53 Å². The van der Waals surface area contributed by atoms with E-state index in [1.54, 1.807) is 13.1 Å². The van der Waals surface area contributed by atoms with Gasteiger partial charge in [-0.05, 0) is 31.9 Å². The van der Waals surface area contributed by atoms with Gasteiger partial charge in [0.1, 0.15) is 11.4 Å². The molecule has 0 aliphatic heterocycles. The molecule has 94 valence electrons. The van der Waals surface area contributed by atoms with Gasteiger partial charge in [0.05, 0.1) is 12.8 Å². The molecule has 2 aromatic rings. The number of H-pyrrole nitrogens is 1. The van der Waals surface area contributed by atoms with Crippen molar-refractivity contribution >= 4 is 5.97 Å². The van der Waals surface area contributed by atoms with Crippen molar-refractivity contribution in [3.63, 3.8) is 0 Å². The maximum Gasteiger partial charge on any atom is 0.356 e. The molecule has 0 unspecified atom stereocenters. The van der Waals surface area contributed by atoms with E-state index in [0.717, 1.165) is 16.8 Å². The van der Waals surface area contributed by atoms with E-state index < -0.39 is 5.97 Å². The van der Waals surface area contributed by atoms with Crippen LogP contribution in [0, 0.1) is 13.8 Å². The summed E-state index contributed by atoms with van der Waals surface area (Å²) in [6, 6.07) is 2.02. The Hall–Kier alpha value is -2.17. The van der Waals surface area contributed by atoms with Crippen LogP contribution >= 0.6 is 0 Å². The van der Waals surface area contributed by atoms with Crippen molar-refractivity contribution in [3.05, 3.63) is 35.3 Å². The van der Waals surface area contributed by atoms with Gasteiger partial charge in [0.15, 0.2) is 5.82 Å². The predicted molar refractivity (Wildman–Crippen MR) is 67.2 cm³/mol. The second kappa shape index (κ2) is 5.00. The van der Waals surface area contributed by atoms with E-state index in [-0.39, 0.29) is 0 Å². The number of hydrogen-bond donors (Lipinski definition) is 1. The average Bonchev–Trinajstić information content (AvgIpc) is 2.78. The molecule has 5 nitrogen and oxygen atoms in total. The van der Waals surface area contributed by atoms with E-state index in [9.17, 15) is 4.79 Å². The highest BCUT2D eigenvalue weighted by Crippen LogP contribution is 2.18. The number of aromatic amines is 1. The van der Waals surface area contributed by atoms with Gasteiger partial charge in [0.25, 0.3) is 0 Å². The van der Waals surface area contributed by atoms with Crippen molar-refractivity contribution in [2.75, 3.05) is 6.61 Å². The van der Waals surface area contributed by atoms with Crippen LogP contribution < -0.4 is 0 Å². The van der Waals surface area contributed by atoms with E-state index in [1.165, 1.54) is 6.20 Å². The molecule has 1 N–H and O–H groups in total. The maximum absolute atomic E-state index is 11.5. The Balaban J connectivity index is 2.32. The Kier molecular flexibility index (Phi) is 3.41. The Labute approximate surface area is 105 Å². The van der Waals surface area contributed by atoms with Crippen molar-refractivity contribution in [2.24, 2.45) is 0 Å². The summed E-state index contributed by atoms with van der Waals surface area (Å²) >= 11 is 0. The monoisotopic (exact) mass is 245 g/mol. The number of nitrogens with zero attached hydrogens (tertiary/aromatic N) is 2. The Morgan fingerprint density at radius 2 is 2.11 bits per heavy atom. The third kappa shape index (κ3) is 2.40. The van der Waals surface area contributed by atoms with Gasteiger partial charge in [0, 0.05) is 6.20 Å². The summed E-state index contributed by atoms with van der Waals surface area (Å²) in [6.45, 7) is 6.05. The second-order valence-electron chi connectivity index (χ2n) is 4.04. The number of carbonyl (C=O) groups is 1. The number of ether oxygens (including phenoxy) is 1. The third-order valence-corrected chi connectivity index (χ3v) is 2.51. The molecular formula is C13H15N3O2. The molecule has 0 saturated heterocycles. The normalized spacial score (nSPS) is 10.4. The van der Waals surface area contributed by atoms with Crippen LogP contribution in [0.3, 0.4) is 0 Å². The van der Waals surface area contributed by atoms with Crippen LogP contribution in [0.1, 0.15) is 28.5 Å². The summed E-state index contributed by atoms with van der Waals surface area (Å²) in [6.07, 6.45) is 3.24. The smallest absolute Gasteiger partial charge is 0.356 e. The number of pyridine rings is 1. The van der Waals surface area contributed by atoms with Crippen LogP contribution in [0.5, 0.6) is 0 Å². The first-order valence-electron chi connectivity index (χ1n) is 5.77. The maximum atomic E-state index is 11.5. The molecule has 0 atom stereocenters. The van der Waals surface area contributed by atoms with Crippen molar-refractivity contribution in [3.8, 4) is 11.5 Å². The van der Waals surface area contributed by atoms with Crippen LogP contribution in [0.15, 0.2) is 18.5 Å². The molecule has 0 radical (unpaired) electrons. The summed E-state index contributed by atoms with van der Waals surface area (Å²) < 4.78 is 4.90. The van der Waals surface area contributed by atoms with Crippen LogP contribution in [0.2, 0.25) is 0 Å². The van der Waals surface area contributed by atoms with E-state index in [4.69, 9.17) is 4.74 Å². The highest BCUT2D eigenvalue weighted by Gasteiger charge is 2.13. The average molecular weight is 245 g/mol. The lowest BCUT2D eigenvalue weighted by atomic mass is 10.1. The van der Waals surface area contributed by atoms with Crippen LogP contribution in [-0.4, -0.2) is 27.5 Å². The molecule has 0 amide bonds. The number of aryl methyl sites for hydroxylation is 2. The van der Waals surface area contributed by atoms with Gasteiger partial charge in [-0.25, -0.2) is 9.78 Å². The molecule has 0 bridgehead atoms. The fourth-order valence-electron chi connectivity index (χ4n) is 1.72. The van der Waals surface area contributed by atoms with Gasteiger partial charge >= 0.3 is 5.97 Å². The molecule has 0 fully saturated rings. The van der Waals surface area contributed by atoms with Crippen molar-refractivity contribution in [1.29, 1.82) is 0 Å². The lowest BCUT2D eigenvalue weighted by Gasteiger charge is -2.02. The van der Waals surface area contributed by atoms with E-state index >= 15 is 0 Å². The van der Waals surface area contributed by atoms with Crippen LogP contribution in [0.4, 0.5) is 0 Å². The Morgan fingerprint density at radius 3 is 2.78 bits per heavy atom. The molecule has 0 aliphatic carbocycles. The summed E-state index contributed by atoms with van der Waals surface area (Å²) in [4.78, 5) is 22.9. The highest BCUT2D eigenvalue weighted by molar-refractivity contribution is 5.87. The number of carbonyl (C=O) groups excluding carboxylic acids is 1. The topological polar surface area (TPSA) is 67.9 Å². The quantitative estimate of drug-likeness (QED) is 0.842. The van der Waals surface area contributed by atoms with Crippen molar-refractivity contribution in [1.82, 2.24) is 15.0 Å². The molecular weight excluding hydrogens is 230 g/mol. The van der Waals surface area contributed by atoms with Gasteiger partial charge in [-0.15, -0.1) is 0 Å². The van der Waals surface area contributed by atoms with E-state index in [0.29, 0.717) is 18.1 Å². The molecule has 2 rings (SSSR count). The van der Waals surface area contributed by atoms with E-state index in [2.05, 4.69) is 15.0 Å². The fourth-order valence-corrected chi connectivity index (χ4v) is 1.72. The first kappa shape index (κ1) is 12.3. The molecule has 0 saturated carbocycles. The third-order valence-electron chi connectivity index (χ3n) is 2.51. The number of aromatic nitrogens is 3. The predicted octanol–water partition coefficient (Wildman–Crippen LogP) is 2.27. The van der Waals surface area contributed by atoms with Gasteiger partial charge in [-0.1, -0.05) is 6.07 Å². The molecule has 5 heteroatoms. The summed E-state index contributed by atoms with van der Waals surface area (Å²) in [5.74, 6) is 0.177. The van der Waals surface area contributed by atoms with Crippen molar-refractivity contribution in [2.45, 2.75) is 20.8 Å². The molecule has 0 spiro atoms. The molecule has 0 aliphatic rings. The zero-order chi connectivity index (χ0) is 13.1. The number of imidazole rings is 1. The van der Waals surface area contributed by atoms with Crippen LogP contribution in [-0.2, 0) is 4.74 Å².